The van der Waals surface area contributed by atoms with Crippen LogP contribution in [-0.2, 0) is 48.3 Å². The van der Waals surface area contributed by atoms with Crippen molar-refractivity contribution in [2.24, 2.45) is 0 Å². The van der Waals surface area contributed by atoms with Crippen molar-refractivity contribution in [1.29, 1.82) is 0 Å². The molecule has 6 aromatic rings. The smallest absolute Gasteiger partial charge is 0.354 e. The molecule has 16 nitrogen and oxygen atoms in total. The molecular weight excluding hydrogens is 712 g/mol. The van der Waals surface area contributed by atoms with Gasteiger partial charge in [0.15, 0.2) is 11.6 Å². The highest BCUT2D eigenvalue weighted by Crippen LogP contribution is 2.28. The number of methoxy groups -OCH3 is 2. The lowest BCUT2D eigenvalue weighted by Gasteiger charge is -2.11. The van der Waals surface area contributed by atoms with Gasteiger partial charge in [-0.25, -0.2) is 29.5 Å². The Bertz CT molecular complexity index is 2080. The summed E-state index contributed by atoms with van der Waals surface area (Å²) >= 11 is 0. The summed E-state index contributed by atoms with van der Waals surface area (Å²) in [4.78, 5) is 41.9. The van der Waals surface area contributed by atoms with Crippen molar-refractivity contribution in [2.45, 2.75) is 19.9 Å². The fraction of sp³-hybridized carbons (Fsp3) is 0.333. The summed E-state index contributed by atoms with van der Waals surface area (Å²) in [5.41, 5.74) is 5.56. The second-order valence-electron chi connectivity index (χ2n) is 12.3. The largest absolute Gasteiger partial charge is 0.477 e. The minimum absolute atomic E-state index is 0.0888. The van der Waals surface area contributed by atoms with Crippen LogP contribution in [0.15, 0.2) is 72.8 Å². The highest BCUT2D eigenvalue weighted by molar-refractivity contribution is 5.87. The van der Waals surface area contributed by atoms with Crippen LogP contribution < -0.4 is 0 Å². The van der Waals surface area contributed by atoms with Crippen molar-refractivity contribution in [1.82, 2.24) is 29.1 Å². The first-order valence-corrected chi connectivity index (χ1v) is 17.5. The highest BCUT2D eigenvalue weighted by atomic mass is 16.5. The molecule has 0 amide bonds. The number of aromatic nitrogens is 6. The lowest BCUT2D eigenvalue weighted by Crippen LogP contribution is -2.11. The van der Waals surface area contributed by atoms with E-state index in [0.29, 0.717) is 93.3 Å². The number of ether oxygens (including phenoxy) is 6. The fourth-order valence-electron chi connectivity index (χ4n) is 5.85. The molecule has 0 fully saturated rings. The summed E-state index contributed by atoms with van der Waals surface area (Å²) in [6, 6.07) is 21.5. The van der Waals surface area contributed by atoms with Gasteiger partial charge in [-0.05, 0) is 66.1 Å². The van der Waals surface area contributed by atoms with Gasteiger partial charge < -0.3 is 38.6 Å². The minimum atomic E-state index is -1.13. The monoisotopic (exact) mass is 754 g/mol. The van der Waals surface area contributed by atoms with Crippen molar-refractivity contribution in [2.75, 3.05) is 67.1 Å². The molecule has 0 bridgehead atoms. The molecule has 4 aromatic heterocycles. The molecule has 2 N–H and O–H groups in total. The number of hydrogen-bond donors (Lipinski definition) is 2. The summed E-state index contributed by atoms with van der Waals surface area (Å²) in [6.45, 7) is 3.63. The average molecular weight is 755 g/mol. The lowest BCUT2D eigenvalue weighted by molar-refractivity contribution is 0.00598. The van der Waals surface area contributed by atoms with E-state index in [0.717, 1.165) is 22.2 Å². The number of carboxylic acids is 2. The van der Waals surface area contributed by atoms with Crippen molar-refractivity contribution >= 4 is 34.0 Å². The van der Waals surface area contributed by atoms with E-state index in [2.05, 4.69) is 9.97 Å². The third-order valence-electron chi connectivity index (χ3n) is 8.48. The number of imidazole rings is 2. The summed E-state index contributed by atoms with van der Waals surface area (Å²) in [7, 11) is 3.22. The van der Waals surface area contributed by atoms with Gasteiger partial charge in [-0.2, -0.15) is 0 Å². The van der Waals surface area contributed by atoms with Gasteiger partial charge in [-0.15, -0.1) is 0 Å². The predicted molar refractivity (Wildman–Crippen MR) is 200 cm³/mol. The number of hydrogen-bond acceptors (Lipinski definition) is 12. The molecule has 6 rings (SSSR count). The van der Waals surface area contributed by atoms with Gasteiger partial charge in [0.1, 0.15) is 36.2 Å². The van der Waals surface area contributed by atoms with Gasteiger partial charge in [0, 0.05) is 14.2 Å². The van der Waals surface area contributed by atoms with Gasteiger partial charge in [-0.3, -0.25) is 9.13 Å². The van der Waals surface area contributed by atoms with Crippen LogP contribution in [0.3, 0.4) is 0 Å². The first-order chi connectivity index (χ1) is 26.9. The Labute approximate surface area is 316 Å². The SMILES string of the molecule is COCCOCCOCn1c(-c2cccc(C(=O)O)n2)nc2cc(Cc3ccc4c(c3)nc(-c3cccc(C(=O)O)n3)n4COCCOCCOC)ccc21. The van der Waals surface area contributed by atoms with Crippen LogP contribution in [-0.4, -0.2) is 118 Å². The second kappa shape index (κ2) is 19.1. The van der Waals surface area contributed by atoms with E-state index < -0.39 is 11.9 Å². The Hall–Kier alpha value is -5.62. The quantitative estimate of drug-likeness (QED) is 0.0901. The van der Waals surface area contributed by atoms with E-state index in [9.17, 15) is 19.8 Å². The van der Waals surface area contributed by atoms with E-state index in [4.69, 9.17) is 38.4 Å². The zero-order valence-corrected chi connectivity index (χ0v) is 30.6. The van der Waals surface area contributed by atoms with Crippen LogP contribution in [0, 0.1) is 0 Å². The first-order valence-electron chi connectivity index (χ1n) is 17.5. The molecule has 288 valence electrons. The van der Waals surface area contributed by atoms with Crippen LogP contribution >= 0.6 is 0 Å². The van der Waals surface area contributed by atoms with Crippen LogP contribution in [0.25, 0.3) is 45.1 Å². The molecule has 0 saturated carbocycles. The van der Waals surface area contributed by atoms with Crippen LogP contribution in [0.5, 0.6) is 0 Å². The first kappa shape index (κ1) is 39.1. The summed E-state index contributed by atoms with van der Waals surface area (Å²) in [6.07, 6.45) is 0.556. The van der Waals surface area contributed by atoms with Crippen molar-refractivity contribution in [3.8, 4) is 23.0 Å². The number of aromatic carboxylic acids is 2. The number of rotatable bonds is 22. The molecule has 0 saturated heterocycles. The molecule has 0 aliphatic rings. The maximum atomic E-state index is 11.7. The number of nitrogens with zero attached hydrogens (tertiary/aromatic N) is 6. The fourth-order valence-corrected chi connectivity index (χ4v) is 5.85. The Morgan fingerprint density at radius 3 is 1.38 bits per heavy atom. The van der Waals surface area contributed by atoms with E-state index in [1.165, 1.54) is 12.1 Å². The maximum Gasteiger partial charge on any atom is 0.354 e. The summed E-state index contributed by atoms with van der Waals surface area (Å²) < 4.78 is 36.7. The molecule has 0 aliphatic heterocycles. The third-order valence-corrected chi connectivity index (χ3v) is 8.48. The van der Waals surface area contributed by atoms with Gasteiger partial charge >= 0.3 is 11.9 Å². The van der Waals surface area contributed by atoms with E-state index >= 15 is 0 Å². The van der Waals surface area contributed by atoms with Crippen LogP contribution in [0.4, 0.5) is 0 Å². The molecule has 0 aliphatic carbocycles. The third kappa shape index (κ3) is 9.93. The number of fused-ring (bicyclic) bond motifs is 2. The van der Waals surface area contributed by atoms with Crippen LogP contribution in [0.2, 0.25) is 0 Å². The van der Waals surface area contributed by atoms with Gasteiger partial charge in [-0.1, -0.05) is 24.3 Å². The molecule has 0 spiro atoms. The Kier molecular flexibility index (Phi) is 13.6. The van der Waals surface area contributed by atoms with Gasteiger partial charge in [0.05, 0.1) is 74.9 Å². The van der Waals surface area contributed by atoms with E-state index in [1.807, 2.05) is 45.5 Å². The van der Waals surface area contributed by atoms with Crippen molar-refractivity contribution in [3.05, 3.63) is 95.3 Å². The summed E-state index contributed by atoms with van der Waals surface area (Å²) in [5.74, 6) is -1.32. The lowest BCUT2D eigenvalue weighted by atomic mass is 10.0. The average Bonchev–Trinajstić information content (AvgIpc) is 3.74. The molecule has 4 heterocycles. The maximum absolute atomic E-state index is 11.7. The van der Waals surface area contributed by atoms with E-state index in [1.54, 1.807) is 38.5 Å². The molecule has 0 unspecified atom stereocenters. The van der Waals surface area contributed by atoms with Crippen LogP contribution in [0.1, 0.15) is 32.1 Å². The van der Waals surface area contributed by atoms with E-state index in [-0.39, 0.29) is 24.8 Å². The normalized spacial score (nSPS) is 11.5. The van der Waals surface area contributed by atoms with Gasteiger partial charge in [0.2, 0.25) is 0 Å². The predicted octanol–water partition coefficient (Wildman–Crippen LogP) is 4.77. The standard InChI is InChI=1S/C39H42N6O10/c1-50-13-15-52-17-19-54-24-44-34-11-9-26(22-32(34)42-36(44)28-5-3-7-30(40-28)38(46)47)21-27-10-12-35-33(23-27)43-37(29-6-4-8-31(41-29)39(48)49)45(35)25-55-20-18-53-16-14-51-2/h3-12,22-23H,13-21,24-25H2,1-2H3,(H,46,47)(H,48,49). The van der Waals surface area contributed by atoms with Gasteiger partial charge in [0.25, 0.3) is 0 Å². The Morgan fingerprint density at radius 2 is 0.964 bits per heavy atom. The number of carboxylic acid groups (broad SMARTS) is 2. The molecule has 0 radical (unpaired) electrons. The van der Waals surface area contributed by atoms with Crippen molar-refractivity contribution < 1.29 is 48.2 Å². The molecule has 16 heteroatoms. The zero-order valence-electron chi connectivity index (χ0n) is 30.6. The molecule has 55 heavy (non-hydrogen) atoms. The van der Waals surface area contributed by atoms with Crippen molar-refractivity contribution in [3.63, 3.8) is 0 Å². The molecule has 2 aromatic carbocycles. The molecular formula is C39H42N6O10. The molecule has 0 atom stereocenters. The highest BCUT2D eigenvalue weighted by Gasteiger charge is 2.19. The number of carbonyl (C=O) groups is 2. The topological polar surface area (TPSA) is 191 Å². The number of pyridine rings is 2. The Morgan fingerprint density at radius 1 is 0.545 bits per heavy atom. The second-order valence-corrected chi connectivity index (χ2v) is 12.3. The Balaban J connectivity index is 1.27. The minimum Gasteiger partial charge on any atom is -0.477 e. The summed E-state index contributed by atoms with van der Waals surface area (Å²) in [5, 5.41) is 19.2. The zero-order chi connectivity index (χ0) is 38.6. The number of benzene rings is 2.